The Hall–Kier alpha value is 0.190. The first-order chi connectivity index (χ1) is 8.01. The standard InChI is InChI=1S/C11H19BrF3NO/c12-4-3-10-2-1-5-16(8-10)6-7-17-9-11(13,14)15/h10H,1-9H2. The summed E-state index contributed by atoms with van der Waals surface area (Å²) in [5.41, 5.74) is 0. The van der Waals surface area contributed by atoms with E-state index in [9.17, 15) is 13.2 Å². The van der Waals surface area contributed by atoms with E-state index >= 15 is 0 Å². The molecule has 1 aliphatic rings. The minimum absolute atomic E-state index is 0.167. The van der Waals surface area contributed by atoms with E-state index in [1.165, 1.54) is 6.42 Å². The fraction of sp³-hybridized carbons (Fsp3) is 1.00. The lowest BCUT2D eigenvalue weighted by molar-refractivity contribution is -0.174. The highest BCUT2D eigenvalue weighted by molar-refractivity contribution is 9.09. The molecule has 0 aromatic carbocycles. The van der Waals surface area contributed by atoms with E-state index < -0.39 is 12.8 Å². The Morgan fingerprint density at radius 1 is 1.35 bits per heavy atom. The van der Waals surface area contributed by atoms with Gasteiger partial charge in [0, 0.05) is 18.4 Å². The lowest BCUT2D eigenvalue weighted by atomic mass is 9.96. The Morgan fingerprint density at radius 3 is 2.76 bits per heavy atom. The number of piperidine rings is 1. The van der Waals surface area contributed by atoms with Gasteiger partial charge in [0.15, 0.2) is 0 Å². The second-order valence-corrected chi connectivity index (χ2v) is 5.25. The van der Waals surface area contributed by atoms with Gasteiger partial charge >= 0.3 is 6.18 Å². The van der Waals surface area contributed by atoms with Gasteiger partial charge in [-0.1, -0.05) is 15.9 Å². The van der Waals surface area contributed by atoms with Crippen LogP contribution < -0.4 is 0 Å². The van der Waals surface area contributed by atoms with Crippen LogP contribution in [0.3, 0.4) is 0 Å². The monoisotopic (exact) mass is 317 g/mol. The summed E-state index contributed by atoms with van der Waals surface area (Å²) in [7, 11) is 0. The maximum atomic E-state index is 11.8. The van der Waals surface area contributed by atoms with Crippen molar-refractivity contribution in [3.05, 3.63) is 0 Å². The van der Waals surface area contributed by atoms with E-state index in [1.807, 2.05) is 0 Å². The average molecular weight is 318 g/mol. The predicted molar refractivity (Wildman–Crippen MR) is 64.4 cm³/mol. The van der Waals surface area contributed by atoms with Gasteiger partial charge in [0.25, 0.3) is 0 Å². The lowest BCUT2D eigenvalue weighted by Crippen LogP contribution is -2.38. The number of halogens is 4. The van der Waals surface area contributed by atoms with Gasteiger partial charge < -0.3 is 9.64 Å². The Balaban J connectivity index is 2.10. The van der Waals surface area contributed by atoms with E-state index in [-0.39, 0.29) is 6.61 Å². The molecule has 1 saturated heterocycles. The molecule has 1 atom stereocenters. The first-order valence-corrected chi connectivity index (χ1v) is 7.06. The van der Waals surface area contributed by atoms with Crippen molar-refractivity contribution in [3.8, 4) is 0 Å². The minimum Gasteiger partial charge on any atom is -0.371 e. The molecule has 17 heavy (non-hydrogen) atoms. The fourth-order valence-corrected chi connectivity index (χ4v) is 2.77. The first-order valence-electron chi connectivity index (χ1n) is 5.94. The Labute approximate surface area is 109 Å². The molecule has 0 radical (unpaired) electrons. The summed E-state index contributed by atoms with van der Waals surface area (Å²) in [5.74, 6) is 0.672. The highest BCUT2D eigenvalue weighted by Crippen LogP contribution is 2.20. The predicted octanol–water partition coefficient (Wildman–Crippen LogP) is 3.06. The van der Waals surface area contributed by atoms with Gasteiger partial charge in [-0.05, 0) is 31.7 Å². The zero-order valence-corrected chi connectivity index (χ0v) is 11.4. The number of alkyl halides is 4. The van der Waals surface area contributed by atoms with Crippen LogP contribution in [0.25, 0.3) is 0 Å². The molecule has 102 valence electrons. The second-order valence-electron chi connectivity index (χ2n) is 4.45. The molecule has 0 aromatic rings. The van der Waals surface area contributed by atoms with Crippen molar-refractivity contribution in [1.29, 1.82) is 0 Å². The molecule has 0 aromatic heterocycles. The number of nitrogens with zero attached hydrogens (tertiary/aromatic N) is 1. The van der Waals surface area contributed by atoms with Gasteiger partial charge in [-0.3, -0.25) is 0 Å². The van der Waals surface area contributed by atoms with Crippen LogP contribution in [-0.2, 0) is 4.74 Å². The number of hydrogen-bond donors (Lipinski definition) is 0. The second kappa shape index (κ2) is 7.59. The maximum absolute atomic E-state index is 11.8. The molecular formula is C11H19BrF3NO. The summed E-state index contributed by atoms with van der Waals surface area (Å²) < 4.78 is 40.1. The third-order valence-corrected chi connectivity index (χ3v) is 3.40. The number of rotatable bonds is 6. The van der Waals surface area contributed by atoms with Crippen LogP contribution in [-0.4, -0.2) is 49.3 Å². The van der Waals surface area contributed by atoms with E-state index in [2.05, 4.69) is 25.6 Å². The smallest absolute Gasteiger partial charge is 0.371 e. The van der Waals surface area contributed by atoms with Crippen LogP contribution in [0.5, 0.6) is 0 Å². The highest BCUT2D eigenvalue weighted by Gasteiger charge is 2.27. The van der Waals surface area contributed by atoms with Crippen LogP contribution in [0.2, 0.25) is 0 Å². The number of likely N-dealkylation sites (tertiary alicyclic amines) is 1. The van der Waals surface area contributed by atoms with Crippen molar-refractivity contribution in [2.45, 2.75) is 25.4 Å². The zero-order valence-electron chi connectivity index (χ0n) is 9.81. The van der Waals surface area contributed by atoms with E-state index in [1.54, 1.807) is 0 Å². The van der Waals surface area contributed by atoms with Gasteiger partial charge in [-0.15, -0.1) is 0 Å². The summed E-state index contributed by atoms with van der Waals surface area (Å²) >= 11 is 3.42. The van der Waals surface area contributed by atoms with Crippen LogP contribution in [0.15, 0.2) is 0 Å². The van der Waals surface area contributed by atoms with Crippen molar-refractivity contribution in [2.75, 3.05) is 38.2 Å². The highest BCUT2D eigenvalue weighted by atomic mass is 79.9. The SMILES string of the molecule is FC(F)(F)COCCN1CCCC(CCBr)C1. The fourth-order valence-electron chi connectivity index (χ4n) is 2.13. The van der Waals surface area contributed by atoms with Gasteiger partial charge in [0.05, 0.1) is 6.61 Å². The molecule has 0 amide bonds. The molecule has 0 N–H and O–H groups in total. The van der Waals surface area contributed by atoms with Crippen LogP contribution >= 0.6 is 15.9 Å². The third-order valence-electron chi connectivity index (χ3n) is 2.94. The minimum atomic E-state index is -4.21. The van der Waals surface area contributed by atoms with Crippen LogP contribution in [0.1, 0.15) is 19.3 Å². The number of hydrogen-bond acceptors (Lipinski definition) is 2. The molecule has 6 heteroatoms. The molecule has 1 unspecified atom stereocenters. The molecule has 0 bridgehead atoms. The zero-order chi connectivity index (χ0) is 12.7. The molecule has 0 spiro atoms. The van der Waals surface area contributed by atoms with Crippen molar-refractivity contribution in [3.63, 3.8) is 0 Å². The quantitative estimate of drug-likeness (QED) is 0.551. The average Bonchev–Trinajstić information content (AvgIpc) is 2.24. The molecule has 1 fully saturated rings. The molecule has 0 aliphatic carbocycles. The van der Waals surface area contributed by atoms with Crippen LogP contribution in [0, 0.1) is 5.92 Å². The van der Waals surface area contributed by atoms with Crippen LogP contribution in [0.4, 0.5) is 13.2 Å². The van der Waals surface area contributed by atoms with Crippen molar-refractivity contribution < 1.29 is 17.9 Å². The lowest BCUT2D eigenvalue weighted by Gasteiger charge is -2.32. The largest absolute Gasteiger partial charge is 0.411 e. The summed E-state index contributed by atoms with van der Waals surface area (Å²) in [6, 6.07) is 0. The Bertz CT molecular complexity index is 211. The molecular weight excluding hydrogens is 299 g/mol. The van der Waals surface area contributed by atoms with Crippen molar-refractivity contribution in [1.82, 2.24) is 4.90 Å². The Morgan fingerprint density at radius 2 is 2.12 bits per heavy atom. The van der Waals surface area contributed by atoms with E-state index in [0.29, 0.717) is 12.5 Å². The molecule has 1 rings (SSSR count). The van der Waals surface area contributed by atoms with Gasteiger partial charge in [0.1, 0.15) is 6.61 Å². The Kier molecular flexibility index (Phi) is 6.80. The topological polar surface area (TPSA) is 12.5 Å². The van der Waals surface area contributed by atoms with Gasteiger partial charge in [-0.25, -0.2) is 0 Å². The normalized spacial score (nSPS) is 22.9. The summed E-state index contributed by atoms with van der Waals surface area (Å²) in [4.78, 5) is 2.20. The van der Waals surface area contributed by atoms with Crippen molar-refractivity contribution in [2.24, 2.45) is 5.92 Å². The van der Waals surface area contributed by atoms with E-state index in [0.717, 1.165) is 31.3 Å². The summed E-state index contributed by atoms with van der Waals surface area (Å²) in [6.07, 6.45) is -0.706. The molecule has 0 saturated carbocycles. The maximum Gasteiger partial charge on any atom is 0.411 e. The summed E-state index contributed by atoms with van der Waals surface area (Å²) in [5, 5.41) is 0.996. The molecule has 2 nitrogen and oxygen atoms in total. The third kappa shape index (κ3) is 7.26. The molecule has 1 heterocycles. The number of ether oxygens (including phenoxy) is 1. The van der Waals surface area contributed by atoms with E-state index in [4.69, 9.17) is 0 Å². The van der Waals surface area contributed by atoms with Gasteiger partial charge in [-0.2, -0.15) is 13.2 Å². The first kappa shape index (κ1) is 15.2. The summed E-state index contributed by atoms with van der Waals surface area (Å²) in [6.45, 7) is 1.61. The van der Waals surface area contributed by atoms with Crippen molar-refractivity contribution >= 4 is 15.9 Å². The van der Waals surface area contributed by atoms with Gasteiger partial charge in [0.2, 0.25) is 0 Å². The molecule has 1 aliphatic heterocycles.